The third-order valence-corrected chi connectivity index (χ3v) is 5.18. The molecule has 1 aromatic carbocycles. The van der Waals surface area contributed by atoms with Gasteiger partial charge in [0.15, 0.2) is 0 Å². The van der Waals surface area contributed by atoms with Gasteiger partial charge in [-0.15, -0.1) is 0 Å². The Hall–Kier alpha value is -1.71. The number of ether oxygens (including phenoxy) is 1. The molecule has 0 saturated carbocycles. The summed E-state index contributed by atoms with van der Waals surface area (Å²) in [7, 11) is 1.40. The Morgan fingerprint density at radius 1 is 1.43 bits per heavy atom. The predicted molar refractivity (Wildman–Crippen MR) is 85.3 cm³/mol. The van der Waals surface area contributed by atoms with Crippen LogP contribution in [0.5, 0.6) is 0 Å². The van der Waals surface area contributed by atoms with E-state index in [9.17, 15) is 4.79 Å². The minimum absolute atomic E-state index is 0.200. The van der Waals surface area contributed by atoms with E-state index in [0.29, 0.717) is 0 Å². The Bertz CT molecular complexity index is 570. The number of rotatable bonds is 2. The van der Waals surface area contributed by atoms with Crippen molar-refractivity contribution in [1.29, 1.82) is 0 Å². The van der Waals surface area contributed by atoms with Crippen LogP contribution in [0, 0.1) is 0 Å². The van der Waals surface area contributed by atoms with E-state index in [1.165, 1.54) is 36.8 Å². The molecule has 4 nitrogen and oxygen atoms in total. The third-order valence-electron chi connectivity index (χ3n) is 5.18. The number of nitrogens with one attached hydrogen (secondary N) is 1. The van der Waals surface area contributed by atoms with Crippen molar-refractivity contribution in [3.05, 3.63) is 23.3 Å². The minimum atomic E-state index is -0.399. The van der Waals surface area contributed by atoms with Gasteiger partial charge in [-0.1, -0.05) is 13.8 Å². The van der Waals surface area contributed by atoms with Crippen molar-refractivity contribution in [1.82, 2.24) is 0 Å². The summed E-state index contributed by atoms with van der Waals surface area (Å²) in [6, 6.07) is 4.26. The Morgan fingerprint density at radius 2 is 2.24 bits per heavy atom. The number of anilines is 2. The molecule has 0 aliphatic carbocycles. The molecule has 1 unspecified atom stereocenters. The summed E-state index contributed by atoms with van der Waals surface area (Å²) >= 11 is 0. The number of amides is 1. The number of carbonyl (C=O) groups excluding carboxylic acids is 1. The largest absolute Gasteiger partial charge is 0.453 e. The van der Waals surface area contributed by atoms with Gasteiger partial charge in [0.25, 0.3) is 0 Å². The molecular formula is C17H24N2O2. The summed E-state index contributed by atoms with van der Waals surface area (Å²) in [5.41, 5.74) is 5.24. The van der Waals surface area contributed by atoms with Crippen LogP contribution in [-0.2, 0) is 16.6 Å². The first kappa shape index (κ1) is 14.2. The highest BCUT2D eigenvalue weighted by Gasteiger charge is 2.36. The normalized spacial score (nSPS) is 23.5. The zero-order chi connectivity index (χ0) is 15.0. The van der Waals surface area contributed by atoms with E-state index >= 15 is 0 Å². The molecular weight excluding hydrogens is 264 g/mol. The minimum Gasteiger partial charge on any atom is -0.453 e. The topological polar surface area (TPSA) is 41.6 Å². The molecule has 0 radical (unpaired) electrons. The van der Waals surface area contributed by atoms with Crippen molar-refractivity contribution < 1.29 is 9.53 Å². The highest BCUT2D eigenvalue weighted by atomic mass is 16.5. The maximum absolute atomic E-state index is 11.5. The number of hydrogen-bond acceptors (Lipinski definition) is 3. The van der Waals surface area contributed by atoms with Crippen LogP contribution in [0.25, 0.3) is 0 Å². The van der Waals surface area contributed by atoms with Crippen LogP contribution in [0.15, 0.2) is 12.1 Å². The number of nitrogens with zero attached hydrogens (tertiary/aromatic N) is 1. The Labute approximate surface area is 126 Å². The zero-order valence-electron chi connectivity index (χ0n) is 13.2. The lowest BCUT2D eigenvalue weighted by Gasteiger charge is -2.45. The Balaban J connectivity index is 2.10. The molecule has 0 saturated heterocycles. The molecule has 1 atom stereocenters. The van der Waals surface area contributed by atoms with Crippen LogP contribution in [0.2, 0.25) is 0 Å². The summed E-state index contributed by atoms with van der Waals surface area (Å²) < 4.78 is 4.72. The fraction of sp³-hybridized carbons (Fsp3) is 0.588. The Morgan fingerprint density at radius 3 is 2.95 bits per heavy atom. The van der Waals surface area contributed by atoms with E-state index in [-0.39, 0.29) is 5.41 Å². The number of aryl methyl sites for hydroxylation is 1. The first-order chi connectivity index (χ1) is 10.1. The van der Waals surface area contributed by atoms with E-state index in [2.05, 4.69) is 36.2 Å². The number of carbonyl (C=O) groups is 1. The summed E-state index contributed by atoms with van der Waals surface area (Å²) in [5.74, 6) is 0. The predicted octanol–water partition coefficient (Wildman–Crippen LogP) is 3.69. The maximum atomic E-state index is 11.5. The van der Waals surface area contributed by atoms with Gasteiger partial charge in [0, 0.05) is 24.5 Å². The lowest BCUT2D eigenvalue weighted by Crippen LogP contribution is -2.41. The number of benzene rings is 1. The quantitative estimate of drug-likeness (QED) is 0.902. The van der Waals surface area contributed by atoms with Gasteiger partial charge in [-0.25, -0.2) is 4.79 Å². The standard InChI is InChI=1S/C17H24N2O2/c1-4-17(2)7-9-19-8-5-6-12-10-13(18-16(20)21-3)11-14(17)15(12)19/h10-11H,4-9H2,1-3H3,(H,18,20). The molecule has 1 N–H and O–H groups in total. The molecule has 2 heterocycles. The molecule has 1 amide bonds. The van der Waals surface area contributed by atoms with Crippen LogP contribution < -0.4 is 10.2 Å². The van der Waals surface area contributed by atoms with E-state index in [1.54, 1.807) is 0 Å². The van der Waals surface area contributed by atoms with Crippen molar-refractivity contribution in [2.45, 2.75) is 44.9 Å². The molecule has 0 bridgehead atoms. The molecule has 0 spiro atoms. The third kappa shape index (κ3) is 2.37. The Kier molecular flexibility index (Phi) is 3.56. The summed E-state index contributed by atoms with van der Waals surface area (Å²) in [6.45, 7) is 6.90. The fourth-order valence-electron chi connectivity index (χ4n) is 3.64. The molecule has 0 fully saturated rings. The van der Waals surface area contributed by atoms with Gasteiger partial charge in [0.1, 0.15) is 0 Å². The molecule has 3 rings (SSSR count). The van der Waals surface area contributed by atoms with E-state index in [1.807, 2.05) is 0 Å². The first-order valence-corrected chi connectivity index (χ1v) is 7.85. The van der Waals surface area contributed by atoms with Crippen molar-refractivity contribution in [3.63, 3.8) is 0 Å². The van der Waals surface area contributed by atoms with Crippen LogP contribution in [0.3, 0.4) is 0 Å². The van der Waals surface area contributed by atoms with E-state index in [0.717, 1.165) is 31.6 Å². The molecule has 114 valence electrons. The van der Waals surface area contributed by atoms with Crippen molar-refractivity contribution in [3.8, 4) is 0 Å². The van der Waals surface area contributed by atoms with E-state index < -0.39 is 6.09 Å². The average Bonchev–Trinajstić information content (AvgIpc) is 2.50. The van der Waals surface area contributed by atoms with Gasteiger partial charge in [-0.05, 0) is 54.4 Å². The molecule has 2 aliphatic rings. The monoisotopic (exact) mass is 288 g/mol. The smallest absolute Gasteiger partial charge is 0.411 e. The second kappa shape index (κ2) is 5.24. The highest BCUT2D eigenvalue weighted by molar-refractivity contribution is 5.86. The maximum Gasteiger partial charge on any atom is 0.411 e. The van der Waals surface area contributed by atoms with Gasteiger partial charge in [-0.2, -0.15) is 0 Å². The van der Waals surface area contributed by atoms with Crippen LogP contribution in [0.4, 0.5) is 16.2 Å². The zero-order valence-corrected chi connectivity index (χ0v) is 13.2. The van der Waals surface area contributed by atoms with Gasteiger partial charge >= 0.3 is 6.09 Å². The van der Waals surface area contributed by atoms with Gasteiger partial charge in [0.2, 0.25) is 0 Å². The lowest BCUT2D eigenvalue weighted by molar-refractivity contribution is 0.187. The van der Waals surface area contributed by atoms with Crippen LogP contribution >= 0.6 is 0 Å². The summed E-state index contributed by atoms with van der Waals surface area (Å²) in [4.78, 5) is 14.0. The molecule has 0 aromatic heterocycles. The molecule has 4 heteroatoms. The SMILES string of the molecule is CCC1(C)CCN2CCCc3cc(NC(=O)OC)cc1c32. The van der Waals surface area contributed by atoms with Gasteiger partial charge in [0.05, 0.1) is 7.11 Å². The van der Waals surface area contributed by atoms with Crippen LogP contribution in [0.1, 0.15) is 44.2 Å². The summed E-state index contributed by atoms with van der Waals surface area (Å²) in [5, 5.41) is 2.84. The van der Waals surface area contributed by atoms with Crippen molar-refractivity contribution in [2.75, 3.05) is 30.4 Å². The van der Waals surface area contributed by atoms with Gasteiger partial charge < -0.3 is 9.64 Å². The number of hydrogen-bond donors (Lipinski definition) is 1. The lowest BCUT2D eigenvalue weighted by atomic mass is 9.72. The summed E-state index contributed by atoms with van der Waals surface area (Å²) in [6.07, 6.45) is 4.18. The highest BCUT2D eigenvalue weighted by Crippen LogP contribution is 2.46. The van der Waals surface area contributed by atoms with Crippen LogP contribution in [-0.4, -0.2) is 26.3 Å². The average molecular weight is 288 g/mol. The first-order valence-electron chi connectivity index (χ1n) is 7.85. The molecule has 21 heavy (non-hydrogen) atoms. The fourth-order valence-corrected chi connectivity index (χ4v) is 3.64. The second-order valence-electron chi connectivity index (χ2n) is 6.40. The molecule has 2 aliphatic heterocycles. The number of methoxy groups -OCH3 is 1. The van der Waals surface area contributed by atoms with E-state index in [4.69, 9.17) is 4.74 Å². The molecule has 1 aromatic rings. The van der Waals surface area contributed by atoms with Crippen molar-refractivity contribution in [2.24, 2.45) is 0 Å². The second-order valence-corrected chi connectivity index (χ2v) is 6.40. The van der Waals surface area contributed by atoms with Gasteiger partial charge in [-0.3, -0.25) is 5.32 Å². The van der Waals surface area contributed by atoms with Crippen molar-refractivity contribution >= 4 is 17.5 Å².